The highest BCUT2D eigenvalue weighted by atomic mass is 15.1. The molecule has 3 rings (SSSR count). The molecule has 1 fully saturated rings. The second kappa shape index (κ2) is 4.55. The maximum atomic E-state index is 2.52. The Morgan fingerprint density at radius 2 is 1.89 bits per heavy atom. The molecule has 1 nitrogen and oxygen atoms in total. The molecule has 1 heteroatoms. The molecule has 1 heterocycles. The Morgan fingerprint density at radius 1 is 1.17 bits per heavy atom. The summed E-state index contributed by atoms with van der Waals surface area (Å²) in [6.45, 7) is 8.12. The summed E-state index contributed by atoms with van der Waals surface area (Å²) in [5, 5.41) is 0. The third-order valence-electron chi connectivity index (χ3n) is 4.63. The molecule has 2 aliphatic rings. The molecule has 96 valence electrons. The highest BCUT2D eigenvalue weighted by Gasteiger charge is 2.38. The summed E-state index contributed by atoms with van der Waals surface area (Å²) in [6.07, 6.45) is 6.33. The lowest BCUT2D eigenvalue weighted by Gasteiger charge is -2.26. The van der Waals surface area contributed by atoms with Gasteiger partial charge >= 0.3 is 0 Å². The molecule has 0 unspecified atom stereocenters. The SMILES string of the molecule is CCN1CCC=C(c2ccc(C3(C)CC3)cc2)C1. The van der Waals surface area contributed by atoms with Gasteiger partial charge in [-0.05, 0) is 47.9 Å². The van der Waals surface area contributed by atoms with Crippen LogP contribution in [0.2, 0.25) is 0 Å². The van der Waals surface area contributed by atoms with Gasteiger partial charge in [0, 0.05) is 13.1 Å². The average molecular weight is 241 g/mol. The topological polar surface area (TPSA) is 3.24 Å². The molecule has 0 atom stereocenters. The fourth-order valence-electron chi connectivity index (χ4n) is 2.85. The molecule has 18 heavy (non-hydrogen) atoms. The highest BCUT2D eigenvalue weighted by molar-refractivity contribution is 5.68. The predicted octanol–water partition coefficient (Wildman–Crippen LogP) is 3.85. The molecule has 1 aromatic carbocycles. The normalized spacial score (nSPS) is 22.7. The summed E-state index contributed by atoms with van der Waals surface area (Å²) in [5.74, 6) is 0. The van der Waals surface area contributed by atoms with Gasteiger partial charge in [-0.25, -0.2) is 0 Å². The summed E-state index contributed by atoms with van der Waals surface area (Å²) in [7, 11) is 0. The largest absolute Gasteiger partial charge is 0.299 e. The van der Waals surface area contributed by atoms with Crippen LogP contribution in [0.1, 0.15) is 44.2 Å². The summed E-state index contributed by atoms with van der Waals surface area (Å²) in [6, 6.07) is 9.33. The average Bonchev–Trinajstić information content (AvgIpc) is 3.18. The summed E-state index contributed by atoms with van der Waals surface area (Å²) in [4.78, 5) is 2.52. The molecule has 0 radical (unpaired) electrons. The minimum Gasteiger partial charge on any atom is -0.299 e. The molecule has 1 saturated carbocycles. The number of rotatable bonds is 3. The van der Waals surface area contributed by atoms with Crippen LogP contribution in [0, 0.1) is 0 Å². The lowest BCUT2D eigenvalue weighted by Crippen LogP contribution is -2.29. The molecule has 0 amide bonds. The maximum absolute atomic E-state index is 2.52. The first kappa shape index (κ1) is 12.0. The molecule has 0 aromatic heterocycles. The Hall–Kier alpha value is -1.08. The third kappa shape index (κ3) is 2.24. The smallest absolute Gasteiger partial charge is 0.0236 e. The zero-order chi connectivity index (χ0) is 12.6. The standard InChI is InChI=1S/C17H23N/c1-3-18-12-4-5-15(13-18)14-6-8-16(9-7-14)17(2)10-11-17/h5-9H,3-4,10-13H2,1-2H3. The van der Waals surface area contributed by atoms with Gasteiger partial charge in [-0.2, -0.15) is 0 Å². The van der Waals surface area contributed by atoms with Crippen LogP contribution >= 0.6 is 0 Å². The molecule has 0 spiro atoms. The van der Waals surface area contributed by atoms with Gasteiger partial charge in [-0.3, -0.25) is 4.90 Å². The van der Waals surface area contributed by atoms with Crippen LogP contribution in [0.5, 0.6) is 0 Å². The number of hydrogen-bond donors (Lipinski definition) is 0. The highest BCUT2D eigenvalue weighted by Crippen LogP contribution is 2.47. The molecule has 1 aromatic rings. The van der Waals surface area contributed by atoms with E-state index in [1.54, 1.807) is 0 Å². The summed E-state index contributed by atoms with van der Waals surface area (Å²) >= 11 is 0. The Kier molecular flexibility index (Phi) is 3.03. The van der Waals surface area contributed by atoms with Crippen molar-refractivity contribution < 1.29 is 0 Å². The predicted molar refractivity (Wildman–Crippen MR) is 77.7 cm³/mol. The monoisotopic (exact) mass is 241 g/mol. The van der Waals surface area contributed by atoms with E-state index in [-0.39, 0.29) is 0 Å². The van der Waals surface area contributed by atoms with Crippen LogP contribution < -0.4 is 0 Å². The van der Waals surface area contributed by atoms with Gasteiger partial charge in [0.25, 0.3) is 0 Å². The van der Waals surface area contributed by atoms with Gasteiger partial charge in [-0.15, -0.1) is 0 Å². The second-order valence-electron chi connectivity index (χ2n) is 6.02. The van der Waals surface area contributed by atoms with Gasteiger partial charge < -0.3 is 0 Å². The first-order valence-electron chi connectivity index (χ1n) is 7.23. The van der Waals surface area contributed by atoms with E-state index in [9.17, 15) is 0 Å². The molecule has 1 aliphatic heterocycles. The third-order valence-corrected chi connectivity index (χ3v) is 4.63. The minimum atomic E-state index is 0.495. The van der Waals surface area contributed by atoms with E-state index in [0.717, 1.165) is 13.1 Å². The molecular weight excluding hydrogens is 218 g/mol. The summed E-state index contributed by atoms with van der Waals surface area (Å²) < 4.78 is 0. The van der Waals surface area contributed by atoms with Crippen LogP contribution in [0.25, 0.3) is 5.57 Å². The van der Waals surface area contributed by atoms with Crippen molar-refractivity contribution in [2.45, 2.75) is 38.5 Å². The van der Waals surface area contributed by atoms with E-state index in [1.165, 1.54) is 42.5 Å². The maximum Gasteiger partial charge on any atom is 0.0236 e. The van der Waals surface area contributed by atoms with E-state index in [1.807, 2.05) is 0 Å². The lowest BCUT2D eigenvalue weighted by atomic mass is 9.94. The zero-order valence-electron chi connectivity index (χ0n) is 11.6. The van der Waals surface area contributed by atoms with Crippen molar-refractivity contribution in [1.82, 2.24) is 4.90 Å². The van der Waals surface area contributed by atoms with Gasteiger partial charge in [0.1, 0.15) is 0 Å². The lowest BCUT2D eigenvalue weighted by molar-refractivity contribution is 0.321. The van der Waals surface area contributed by atoms with Crippen molar-refractivity contribution in [1.29, 1.82) is 0 Å². The Balaban J connectivity index is 1.78. The van der Waals surface area contributed by atoms with Crippen molar-refractivity contribution >= 4 is 5.57 Å². The molecule has 0 bridgehead atoms. The van der Waals surface area contributed by atoms with E-state index >= 15 is 0 Å². The van der Waals surface area contributed by atoms with Gasteiger partial charge in [0.05, 0.1) is 0 Å². The molecule has 0 saturated heterocycles. The van der Waals surface area contributed by atoms with E-state index in [4.69, 9.17) is 0 Å². The first-order chi connectivity index (χ1) is 8.71. The van der Waals surface area contributed by atoms with Crippen molar-refractivity contribution in [3.05, 3.63) is 41.5 Å². The Morgan fingerprint density at radius 3 is 2.50 bits per heavy atom. The quantitative estimate of drug-likeness (QED) is 0.777. The number of benzene rings is 1. The molecule has 1 aliphatic carbocycles. The van der Waals surface area contributed by atoms with E-state index in [2.05, 4.69) is 49.1 Å². The van der Waals surface area contributed by atoms with Crippen molar-refractivity contribution in [3.63, 3.8) is 0 Å². The van der Waals surface area contributed by atoms with Gasteiger partial charge in [0.2, 0.25) is 0 Å². The Labute approximate surface area is 111 Å². The fraction of sp³-hybridized carbons (Fsp3) is 0.529. The van der Waals surface area contributed by atoms with Crippen LogP contribution in [-0.2, 0) is 5.41 Å². The summed E-state index contributed by atoms with van der Waals surface area (Å²) in [5.41, 5.74) is 4.95. The fourth-order valence-corrected chi connectivity index (χ4v) is 2.85. The Bertz CT molecular complexity index is 451. The van der Waals surface area contributed by atoms with Crippen LogP contribution in [0.3, 0.4) is 0 Å². The van der Waals surface area contributed by atoms with Crippen molar-refractivity contribution in [2.75, 3.05) is 19.6 Å². The number of likely N-dealkylation sites (N-methyl/N-ethyl adjacent to an activating group) is 1. The van der Waals surface area contributed by atoms with Crippen molar-refractivity contribution in [2.24, 2.45) is 0 Å². The van der Waals surface area contributed by atoms with Gasteiger partial charge in [-0.1, -0.05) is 44.2 Å². The van der Waals surface area contributed by atoms with E-state index in [0.29, 0.717) is 5.41 Å². The molecular formula is C17H23N. The van der Waals surface area contributed by atoms with Crippen LogP contribution in [-0.4, -0.2) is 24.5 Å². The van der Waals surface area contributed by atoms with Crippen molar-refractivity contribution in [3.8, 4) is 0 Å². The van der Waals surface area contributed by atoms with Crippen LogP contribution in [0.15, 0.2) is 30.3 Å². The minimum absolute atomic E-state index is 0.495. The zero-order valence-corrected chi connectivity index (χ0v) is 11.6. The van der Waals surface area contributed by atoms with Crippen LogP contribution in [0.4, 0.5) is 0 Å². The number of nitrogens with zero attached hydrogens (tertiary/aromatic N) is 1. The van der Waals surface area contributed by atoms with E-state index < -0.39 is 0 Å². The number of hydrogen-bond acceptors (Lipinski definition) is 1. The molecule has 0 N–H and O–H groups in total. The first-order valence-corrected chi connectivity index (χ1v) is 7.23. The van der Waals surface area contributed by atoms with Gasteiger partial charge in [0.15, 0.2) is 0 Å². The second-order valence-corrected chi connectivity index (χ2v) is 6.02.